The highest BCUT2D eigenvalue weighted by molar-refractivity contribution is 7.17. The Morgan fingerprint density at radius 2 is 1.81 bits per heavy atom. The molecule has 3 heterocycles. The Kier molecular flexibility index (Phi) is 4.70. The van der Waals surface area contributed by atoms with Gasteiger partial charge in [-0.1, -0.05) is 12.1 Å². The van der Waals surface area contributed by atoms with Gasteiger partial charge in [0.1, 0.15) is 0 Å². The van der Waals surface area contributed by atoms with Crippen LogP contribution in [0.4, 0.5) is 11.5 Å². The summed E-state index contributed by atoms with van der Waals surface area (Å²) in [6.07, 6.45) is 0. The molecule has 6 nitrogen and oxygen atoms in total. The van der Waals surface area contributed by atoms with Crippen LogP contribution in [0.5, 0.6) is 0 Å². The molecule has 0 spiro atoms. The molecule has 3 aromatic rings. The summed E-state index contributed by atoms with van der Waals surface area (Å²) in [5.41, 5.74) is 4.66. The van der Waals surface area contributed by atoms with Crippen LogP contribution >= 0.6 is 11.3 Å². The first-order valence-corrected chi connectivity index (χ1v) is 9.85. The predicted octanol–water partition coefficient (Wildman–Crippen LogP) is 3.42. The molecule has 0 N–H and O–H groups in total. The molecule has 0 saturated carbocycles. The number of ether oxygens (including phenoxy) is 1. The molecule has 0 amide bonds. The molecule has 0 bridgehead atoms. The lowest BCUT2D eigenvalue weighted by molar-refractivity contribution is 0.0587. The minimum Gasteiger partial charge on any atom is -0.463 e. The van der Waals surface area contributed by atoms with Gasteiger partial charge < -0.3 is 14.5 Å². The van der Waals surface area contributed by atoms with E-state index in [4.69, 9.17) is 4.74 Å². The topological polar surface area (TPSA) is 58.6 Å². The molecule has 1 aliphatic rings. The largest absolute Gasteiger partial charge is 0.463 e. The summed E-state index contributed by atoms with van der Waals surface area (Å²) in [4.78, 5) is 25.5. The third kappa shape index (κ3) is 3.35. The molecule has 0 atom stereocenters. The van der Waals surface area contributed by atoms with Crippen molar-refractivity contribution in [3.8, 4) is 0 Å². The number of benzene rings is 1. The monoisotopic (exact) mass is 382 g/mol. The maximum absolute atomic E-state index is 11.9. The van der Waals surface area contributed by atoms with Gasteiger partial charge >= 0.3 is 5.97 Å². The minimum atomic E-state index is -0.502. The van der Waals surface area contributed by atoms with Gasteiger partial charge in [0.05, 0.1) is 17.3 Å². The van der Waals surface area contributed by atoms with Crippen molar-refractivity contribution < 1.29 is 9.53 Å². The Hall–Kier alpha value is -2.67. The normalized spacial score (nSPS) is 14.6. The van der Waals surface area contributed by atoms with Crippen LogP contribution in [0.25, 0.3) is 10.2 Å². The Labute approximate surface area is 162 Å². The van der Waals surface area contributed by atoms with E-state index in [0.717, 1.165) is 42.2 Å². The maximum Gasteiger partial charge on any atom is 0.376 e. The lowest BCUT2D eigenvalue weighted by atomic mass is 10.1. The summed E-state index contributed by atoms with van der Waals surface area (Å²) >= 11 is 1.60. The molecular weight excluding hydrogens is 360 g/mol. The van der Waals surface area contributed by atoms with Crippen LogP contribution < -0.4 is 9.80 Å². The van der Waals surface area contributed by atoms with Crippen molar-refractivity contribution in [1.29, 1.82) is 0 Å². The molecule has 1 aliphatic heterocycles. The summed E-state index contributed by atoms with van der Waals surface area (Å²) in [5, 5.41) is 1.98. The molecule has 140 valence electrons. The molecule has 7 heteroatoms. The Bertz CT molecular complexity index is 993. The number of hydrogen-bond donors (Lipinski definition) is 0. The smallest absolute Gasteiger partial charge is 0.376 e. The SMILES string of the molecule is COC(=O)c1nc(N2CCN(c3cc(C)ccc3C)CC2)c2sccc2n1. The van der Waals surface area contributed by atoms with Crippen molar-refractivity contribution >= 4 is 39.0 Å². The van der Waals surface area contributed by atoms with E-state index in [2.05, 4.69) is 51.8 Å². The zero-order valence-electron chi connectivity index (χ0n) is 15.7. The van der Waals surface area contributed by atoms with E-state index >= 15 is 0 Å². The van der Waals surface area contributed by atoms with Gasteiger partial charge in [-0.25, -0.2) is 14.8 Å². The van der Waals surface area contributed by atoms with Crippen molar-refractivity contribution in [1.82, 2.24) is 9.97 Å². The van der Waals surface area contributed by atoms with Gasteiger partial charge in [-0.2, -0.15) is 0 Å². The van der Waals surface area contributed by atoms with Crippen molar-refractivity contribution in [2.75, 3.05) is 43.1 Å². The number of hydrogen-bond acceptors (Lipinski definition) is 7. The second kappa shape index (κ2) is 7.15. The zero-order valence-corrected chi connectivity index (χ0v) is 16.5. The molecule has 1 fully saturated rings. The summed E-state index contributed by atoms with van der Waals surface area (Å²) in [5.74, 6) is 0.449. The van der Waals surface area contributed by atoms with Gasteiger partial charge in [-0.05, 0) is 42.5 Å². The standard InChI is InChI=1S/C20H22N4O2S/c1-13-4-5-14(2)16(12-13)23-7-9-24(10-8-23)19-17-15(6-11-27-17)21-18(22-19)20(25)26-3/h4-6,11-12H,7-10H2,1-3H3. The van der Waals surface area contributed by atoms with Crippen LogP contribution in [0.1, 0.15) is 21.7 Å². The number of piperazine rings is 1. The van der Waals surface area contributed by atoms with Crippen molar-refractivity contribution in [3.05, 3.63) is 46.6 Å². The number of carbonyl (C=O) groups excluding carboxylic acids is 1. The molecule has 1 saturated heterocycles. The highest BCUT2D eigenvalue weighted by Gasteiger charge is 2.24. The summed E-state index contributed by atoms with van der Waals surface area (Å²) in [6.45, 7) is 7.80. The first-order valence-electron chi connectivity index (χ1n) is 8.97. The second-order valence-corrected chi connectivity index (χ2v) is 7.68. The number of nitrogens with zero attached hydrogens (tertiary/aromatic N) is 4. The Balaban J connectivity index is 1.60. The number of anilines is 2. The number of methoxy groups -OCH3 is 1. The van der Waals surface area contributed by atoms with Gasteiger partial charge in [0.15, 0.2) is 5.82 Å². The molecule has 2 aromatic heterocycles. The van der Waals surface area contributed by atoms with E-state index in [1.807, 2.05) is 11.4 Å². The minimum absolute atomic E-state index is 0.121. The number of carbonyl (C=O) groups is 1. The number of thiophene rings is 1. The van der Waals surface area contributed by atoms with Crippen LogP contribution in [-0.2, 0) is 4.74 Å². The third-order valence-corrected chi connectivity index (χ3v) is 5.84. The summed E-state index contributed by atoms with van der Waals surface area (Å²) in [6, 6.07) is 8.50. The zero-order chi connectivity index (χ0) is 19.0. The Morgan fingerprint density at radius 3 is 2.56 bits per heavy atom. The maximum atomic E-state index is 11.9. The number of fused-ring (bicyclic) bond motifs is 1. The number of aromatic nitrogens is 2. The number of rotatable bonds is 3. The first-order chi connectivity index (χ1) is 13.1. The predicted molar refractivity (Wildman–Crippen MR) is 109 cm³/mol. The lowest BCUT2D eigenvalue weighted by Gasteiger charge is -2.37. The van der Waals surface area contributed by atoms with Crippen LogP contribution in [0.3, 0.4) is 0 Å². The van der Waals surface area contributed by atoms with E-state index in [-0.39, 0.29) is 5.82 Å². The van der Waals surface area contributed by atoms with Crippen LogP contribution in [-0.4, -0.2) is 49.2 Å². The fourth-order valence-corrected chi connectivity index (χ4v) is 4.31. The van der Waals surface area contributed by atoms with Crippen LogP contribution in [0, 0.1) is 13.8 Å². The van der Waals surface area contributed by atoms with Gasteiger partial charge in [0.2, 0.25) is 5.82 Å². The van der Waals surface area contributed by atoms with Crippen LogP contribution in [0.2, 0.25) is 0 Å². The molecule has 0 unspecified atom stereocenters. The summed E-state index contributed by atoms with van der Waals surface area (Å²) in [7, 11) is 1.35. The van der Waals surface area contributed by atoms with E-state index in [9.17, 15) is 4.79 Å². The average Bonchev–Trinajstić information content (AvgIpc) is 3.17. The number of aryl methyl sites for hydroxylation is 2. The average molecular weight is 382 g/mol. The van der Waals surface area contributed by atoms with Gasteiger partial charge in [0.25, 0.3) is 0 Å². The molecule has 0 radical (unpaired) electrons. The molecular formula is C20H22N4O2S. The molecule has 1 aromatic carbocycles. The molecule has 4 rings (SSSR count). The third-order valence-electron chi connectivity index (χ3n) is 4.94. The van der Waals surface area contributed by atoms with Gasteiger partial charge in [0, 0.05) is 31.9 Å². The first kappa shape index (κ1) is 17.7. The van der Waals surface area contributed by atoms with Crippen molar-refractivity contribution in [2.24, 2.45) is 0 Å². The van der Waals surface area contributed by atoms with E-state index in [0.29, 0.717) is 0 Å². The van der Waals surface area contributed by atoms with E-state index in [1.54, 1.807) is 11.3 Å². The van der Waals surface area contributed by atoms with Crippen LogP contribution in [0.15, 0.2) is 29.6 Å². The van der Waals surface area contributed by atoms with Crippen molar-refractivity contribution in [3.63, 3.8) is 0 Å². The fraction of sp³-hybridized carbons (Fsp3) is 0.350. The summed E-state index contributed by atoms with van der Waals surface area (Å²) < 4.78 is 5.83. The quantitative estimate of drug-likeness (QED) is 0.647. The fourth-order valence-electron chi connectivity index (χ4n) is 3.46. The molecule has 0 aliphatic carbocycles. The molecule has 27 heavy (non-hydrogen) atoms. The van der Waals surface area contributed by atoms with E-state index in [1.165, 1.54) is 23.9 Å². The highest BCUT2D eigenvalue weighted by atomic mass is 32.1. The van der Waals surface area contributed by atoms with Gasteiger partial charge in [-0.3, -0.25) is 0 Å². The second-order valence-electron chi connectivity index (χ2n) is 6.76. The number of esters is 1. The van der Waals surface area contributed by atoms with Crippen molar-refractivity contribution in [2.45, 2.75) is 13.8 Å². The van der Waals surface area contributed by atoms with E-state index < -0.39 is 5.97 Å². The Morgan fingerprint density at radius 1 is 1.07 bits per heavy atom. The van der Waals surface area contributed by atoms with Gasteiger partial charge in [-0.15, -0.1) is 11.3 Å². The lowest BCUT2D eigenvalue weighted by Crippen LogP contribution is -2.47. The highest BCUT2D eigenvalue weighted by Crippen LogP contribution is 2.31.